The molecule has 1 aliphatic rings. The molecule has 6 nitrogen and oxygen atoms in total. The van der Waals surface area contributed by atoms with Gasteiger partial charge in [-0.25, -0.2) is 15.0 Å². The van der Waals surface area contributed by atoms with Crippen molar-refractivity contribution in [2.24, 2.45) is 0 Å². The lowest BCUT2D eigenvalue weighted by molar-refractivity contribution is 0.303. The lowest BCUT2D eigenvalue weighted by atomic mass is 10.2. The van der Waals surface area contributed by atoms with Crippen molar-refractivity contribution < 1.29 is 4.74 Å². The molecular formula is C17H17N5O. The normalized spacial score (nSPS) is 13.7. The Kier molecular flexibility index (Phi) is 3.63. The van der Waals surface area contributed by atoms with E-state index >= 15 is 0 Å². The Bertz CT molecular complexity index is 769. The van der Waals surface area contributed by atoms with E-state index in [0.717, 1.165) is 31.1 Å². The van der Waals surface area contributed by atoms with Gasteiger partial charge in [-0.15, -0.1) is 0 Å². The molecule has 1 aromatic carbocycles. The zero-order valence-corrected chi connectivity index (χ0v) is 12.7. The Labute approximate surface area is 134 Å². The fraction of sp³-hybridized carbons (Fsp3) is 0.235. The number of ether oxygens (including phenoxy) is 1. The smallest absolute Gasteiger partial charge is 0.225 e. The summed E-state index contributed by atoms with van der Waals surface area (Å²) in [4.78, 5) is 15.2. The molecule has 6 heteroatoms. The van der Waals surface area contributed by atoms with Crippen molar-refractivity contribution in [2.45, 2.75) is 19.7 Å². The number of hydrogen-bond donors (Lipinski definition) is 0. The van der Waals surface area contributed by atoms with Crippen molar-refractivity contribution in [2.75, 3.05) is 11.4 Å². The SMILES string of the molecule is c1ccc(COc2cnc(N3CCn4cncc4C3)nc2)cc1. The quantitative estimate of drug-likeness (QED) is 0.740. The van der Waals surface area contributed by atoms with Crippen molar-refractivity contribution in [3.63, 3.8) is 0 Å². The summed E-state index contributed by atoms with van der Waals surface area (Å²) >= 11 is 0. The molecular weight excluding hydrogens is 290 g/mol. The summed E-state index contributed by atoms with van der Waals surface area (Å²) in [6, 6.07) is 10.1. The summed E-state index contributed by atoms with van der Waals surface area (Å²) in [6.45, 7) is 3.09. The molecule has 116 valence electrons. The number of imidazole rings is 1. The van der Waals surface area contributed by atoms with E-state index in [9.17, 15) is 0 Å². The first-order chi connectivity index (χ1) is 11.4. The third-order valence-electron chi connectivity index (χ3n) is 3.91. The molecule has 0 unspecified atom stereocenters. The molecule has 0 bridgehead atoms. The minimum Gasteiger partial charge on any atom is -0.486 e. The molecule has 23 heavy (non-hydrogen) atoms. The van der Waals surface area contributed by atoms with Gasteiger partial charge in [-0.2, -0.15) is 0 Å². The predicted molar refractivity (Wildman–Crippen MR) is 86.1 cm³/mol. The van der Waals surface area contributed by atoms with E-state index in [0.29, 0.717) is 12.4 Å². The molecule has 0 amide bonds. The van der Waals surface area contributed by atoms with Crippen LogP contribution in [0.3, 0.4) is 0 Å². The first kappa shape index (κ1) is 13.8. The molecule has 0 N–H and O–H groups in total. The molecule has 2 aromatic heterocycles. The zero-order valence-electron chi connectivity index (χ0n) is 12.7. The molecule has 0 spiro atoms. The fourth-order valence-corrected chi connectivity index (χ4v) is 2.64. The number of benzene rings is 1. The highest BCUT2D eigenvalue weighted by molar-refractivity contribution is 5.33. The van der Waals surface area contributed by atoms with Crippen molar-refractivity contribution in [3.8, 4) is 5.75 Å². The average molecular weight is 307 g/mol. The van der Waals surface area contributed by atoms with Crippen LogP contribution in [0.2, 0.25) is 0 Å². The van der Waals surface area contributed by atoms with E-state index in [4.69, 9.17) is 4.74 Å². The highest BCUT2D eigenvalue weighted by Gasteiger charge is 2.18. The summed E-state index contributed by atoms with van der Waals surface area (Å²) in [6.07, 6.45) is 7.23. The van der Waals surface area contributed by atoms with Crippen LogP contribution in [0.4, 0.5) is 5.95 Å². The molecule has 0 atom stereocenters. The van der Waals surface area contributed by atoms with Gasteiger partial charge >= 0.3 is 0 Å². The van der Waals surface area contributed by atoms with Gasteiger partial charge in [0.05, 0.1) is 31.0 Å². The Morgan fingerprint density at radius 3 is 2.65 bits per heavy atom. The lowest BCUT2D eigenvalue weighted by Gasteiger charge is -2.27. The first-order valence-corrected chi connectivity index (χ1v) is 7.61. The molecule has 1 aliphatic heterocycles. The van der Waals surface area contributed by atoms with Crippen LogP contribution in [0, 0.1) is 0 Å². The average Bonchev–Trinajstić information content (AvgIpc) is 3.09. The van der Waals surface area contributed by atoms with Gasteiger partial charge in [-0.05, 0) is 5.56 Å². The number of anilines is 1. The van der Waals surface area contributed by atoms with Gasteiger partial charge in [-0.1, -0.05) is 30.3 Å². The van der Waals surface area contributed by atoms with Gasteiger partial charge in [0.1, 0.15) is 6.61 Å². The predicted octanol–water partition coefficient (Wildman–Crippen LogP) is 2.27. The molecule has 3 heterocycles. The molecule has 4 rings (SSSR count). The van der Waals surface area contributed by atoms with Crippen LogP contribution in [-0.2, 0) is 19.7 Å². The Hall–Kier alpha value is -2.89. The summed E-state index contributed by atoms with van der Waals surface area (Å²) in [5.74, 6) is 1.41. The maximum absolute atomic E-state index is 5.72. The van der Waals surface area contributed by atoms with Crippen LogP contribution < -0.4 is 9.64 Å². The third-order valence-corrected chi connectivity index (χ3v) is 3.91. The van der Waals surface area contributed by atoms with Crippen molar-refractivity contribution >= 4 is 5.95 Å². The molecule has 0 saturated heterocycles. The van der Waals surface area contributed by atoms with Crippen molar-refractivity contribution in [1.82, 2.24) is 19.5 Å². The maximum Gasteiger partial charge on any atom is 0.225 e. The lowest BCUT2D eigenvalue weighted by Crippen LogP contribution is -2.34. The Morgan fingerprint density at radius 1 is 1.00 bits per heavy atom. The van der Waals surface area contributed by atoms with Crippen LogP contribution in [0.25, 0.3) is 0 Å². The van der Waals surface area contributed by atoms with Gasteiger partial charge in [0.25, 0.3) is 0 Å². The van der Waals surface area contributed by atoms with Gasteiger partial charge < -0.3 is 14.2 Å². The third kappa shape index (κ3) is 3.01. The topological polar surface area (TPSA) is 56.1 Å². The minimum absolute atomic E-state index is 0.520. The minimum atomic E-state index is 0.520. The summed E-state index contributed by atoms with van der Waals surface area (Å²) in [5.41, 5.74) is 2.31. The largest absolute Gasteiger partial charge is 0.486 e. The van der Waals surface area contributed by atoms with Crippen LogP contribution in [0.15, 0.2) is 55.2 Å². The molecule has 0 fully saturated rings. The number of fused-ring (bicyclic) bond motifs is 1. The highest BCUT2D eigenvalue weighted by atomic mass is 16.5. The second-order valence-corrected chi connectivity index (χ2v) is 5.49. The number of rotatable bonds is 4. The number of nitrogens with zero attached hydrogens (tertiary/aromatic N) is 5. The van der Waals surface area contributed by atoms with Crippen LogP contribution >= 0.6 is 0 Å². The van der Waals surface area contributed by atoms with Gasteiger partial charge in [0.2, 0.25) is 5.95 Å². The van der Waals surface area contributed by atoms with E-state index in [-0.39, 0.29) is 0 Å². The Morgan fingerprint density at radius 2 is 1.83 bits per heavy atom. The maximum atomic E-state index is 5.72. The van der Waals surface area contributed by atoms with E-state index in [1.54, 1.807) is 12.4 Å². The molecule has 0 aliphatic carbocycles. The summed E-state index contributed by atoms with van der Waals surface area (Å²) in [5, 5.41) is 0. The van der Waals surface area contributed by atoms with E-state index in [1.807, 2.05) is 42.9 Å². The van der Waals surface area contributed by atoms with E-state index in [1.165, 1.54) is 5.69 Å². The van der Waals surface area contributed by atoms with Crippen LogP contribution in [0.5, 0.6) is 5.75 Å². The Balaban J connectivity index is 1.40. The fourth-order valence-electron chi connectivity index (χ4n) is 2.64. The van der Waals surface area contributed by atoms with Gasteiger partial charge in [0.15, 0.2) is 5.75 Å². The van der Waals surface area contributed by atoms with E-state index < -0.39 is 0 Å². The highest BCUT2D eigenvalue weighted by Crippen LogP contribution is 2.18. The first-order valence-electron chi connectivity index (χ1n) is 7.61. The summed E-state index contributed by atoms with van der Waals surface area (Å²) < 4.78 is 7.88. The van der Waals surface area contributed by atoms with Crippen LogP contribution in [0.1, 0.15) is 11.3 Å². The second kappa shape index (κ2) is 6.08. The zero-order chi connectivity index (χ0) is 15.5. The monoisotopic (exact) mass is 307 g/mol. The molecule has 0 saturated carbocycles. The van der Waals surface area contributed by atoms with Crippen LogP contribution in [-0.4, -0.2) is 26.1 Å². The van der Waals surface area contributed by atoms with Crippen molar-refractivity contribution in [3.05, 3.63) is 66.5 Å². The van der Waals surface area contributed by atoms with Crippen molar-refractivity contribution in [1.29, 1.82) is 0 Å². The molecule has 3 aromatic rings. The molecule has 0 radical (unpaired) electrons. The standard InChI is InChI=1S/C17H17N5O/c1-2-4-14(5-3-1)12-23-16-9-19-17(20-10-16)21-6-7-22-13-18-8-15(22)11-21/h1-5,8-10,13H,6-7,11-12H2. The van der Waals surface area contributed by atoms with Gasteiger partial charge in [-0.3, -0.25) is 0 Å². The number of aromatic nitrogens is 4. The second-order valence-electron chi connectivity index (χ2n) is 5.49. The van der Waals surface area contributed by atoms with E-state index in [2.05, 4.69) is 24.4 Å². The van der Waals surface area contributed by atoms with Gasteiger partial charge in [0, 0.05) is 19.3 Å². The summed E-state index contributed by atoms with van der Waals surface area (Å²) in [7, 11) is 0. The number of hydrogen-bond acceptors (Lipinski definition) is 5.